The van der Waals surface area contributed by atoms with Crippen LogP contribution in [0.2, 0.25) is 0 Å². The van der Waals surface area contributed by atoms with Crippen LogP contribution >= 0.6 is 0 Å². The number of unbranched alkanes of at least 4 members (excludes halogenated alkanes) is 32. The maximum atomic E-state index is 12.8. The first-order valence-electron chi connectivity index (χ1n) is 26.5. The molecule has 0 fully saturated rings. The molecule has 0 bridgehead atoms. The summed E-state index contributed by atoms with van der Waals surface area (Å²) in [5.74, 6) is -0.399. The van der Waals surface area contributed by atoms with Gasteiger partial charge in [0.1, 0.15) is 6.61 Å². The van der Waals surface area contributed by atoms with Gasteiger partial charge in [-0.25, -0.2) is 0 Å². The van der Waals surface area contributed by atoms with Gasteiger partial charge in [0.2, 0.25) is 0 Å². The summed E-state index contributed by atoms with van der Waals surface area (Å²) in [6.45, 7) is 7.80. The molecule has 5 heteroatoms. The molecule has 0 radical (unpaired) electrons. The predicted octanol–water partition coefficient (Wildman–Crippen LogP) is 17.8. The van der Waals surface area contributed by atoms with Crippen molar-refractivity contribution in [3.63, 3.8) is 0 Å². The van der Waals surface area contributed by atoms with Crippen LogP contribution in [0, 0.1) is 0 Å². The van der Waals surface area contributed by atoms with Crippen molar-refractivity contribution in [1.82, 2.24) is 0 Å². The summed E-state index contributed by atoms with van der Waals surface area (Å²) >= 11 is 0. The first-order valence-corrected chi connectivity index (χ1v) is 26.5. The topological polar surface area (TPSA) is 61.8 Å². The Morgan fingerprint density at radius 1 is 0.367 bits per heavy atom. The Bertz CT molecular complexity index is 955. The van der Waals surface area contributed by atoms with Crippen LogP contribution in [0.3, 0.4) is 0 Å². The van der Waals surface area contributed by atoms with Gasteiger partial charge in [0.25, 0.3) is 0 Å². The largest absolute Gasteiger partial charge is 0.462 e. The summed E-state index contributed by atoms with van der Waals surface area (Å²) in [6.07, 6.45) is 61.5. The van der Waals surface area contributed by atoms with Gasteiger partial charge in [-0.05, 0) is 70.6 Å². The molecule has 60 heavy (non-hydrogen) atoms. The molecular weight excluding hydrogens is 741 g/mol. The van der Waals surface area contributed by atoms with Crippen molar-refractivity contribution in [3.8, 4) is 0 Å². The quantitative estimate of drug-likeness (QED) is 0.0347. The number of hydrogen-bond donors (Lipinski definition) is 0. The van der Waals surface area contributed by atoms with Gasteiger partial charge in [0.15, 0.2) is 6.10 Å². The zero-order valence-corrected chi connectivity index (χ0v) is 40.5. The molecule has 0 N–H and O–H groups in total. The minimum atomic E-state index is -0.536. The highest BCUT2D eigenvalue weighted by molar-refractivity contribution is 5.70. The minimum absolute atomic E-state index is 0.0844. The highest BCUT2D eigenvalue weighted by Crippen LogP contribution is 2.15. The number of allylic oxidation sites excluding steroid dienone is 6. The van der Waals surface area contributed by atoms with Gasteiger partial charge in [0.05, 0.1) is 6.61 Å². The Hall–Kier alpha value is -1.88. The SMILES string of the molecule is CCCC/C=C\CCCCCCCC(=O)OC(COCCCCCCCCCCCCCCCC)COC(=O)CCCCCCCCCCC/C=C\C/C=C\CCCCC. The fourth-order valence-corrected chi connectivity index (χ4v) is 7.64. The minimum Gasteiger partial charge on any atom is -0.462 e. The molecular formula is C55H102O5. The van der Waals surface area contributed by atoms with Crippen molar-refractivity contribution in [2.75, 3.05) is 19.8 Å². The van der Waals surface area contributed by atoms with E-state index in [1.807, 2.05) is 0 Å². The van der Waals surface area contributed by atoms with E-state index in [1.54, 1.807) is 0 Å². The molecule has 0 aliphatic carbocycles. The fourth-order valence-electron chi connectivity index (χ4n) is 7.64. The van der Waals surface area contributed by atoms with Crippen molar-refractivity contribution < 1.29 is 23.8 Å². The second-order valence-corrected chi connectivity index (χ2v) is 17.8. The van der Waals surface area contributed by atoms with Crippen LogP contribution in [0.25, 0.3) is 0 Å². The van der Waals surface area contributed by atoms with Crippen LogP contribution < -0.4 is 0 Å². The lowest BCUT2D eigenvalue weighted by molar-refractivity contribution is -0.163. The van der Waals surface area contributed by atoms with Crippen molar-refractivity contribution >= 4 is 11.9 Å². The summed E-state index contributed by atoms with van der Waals surface area (Å²) in [6, 6.07) is 0. The molecule has 0 aromatic heterocycles. The number of hydrogen-bond acceptors (Lipinski definition) is 5. The maximum Gasteiger partial charge on any atom is 0.306 e. The lowest BCUT2D eigenvalue weighted by Crippen LogP contribution is -2.30. The Labute approximate surface area is 374 Å². The lowest BCUT2D eigenvalue weighted by atomic mass is 10.0. The van der Waals surface area contributed by atoms with Crippen LogP contribution in [0.15, 0.2) is 36.5 Å². The predicted molar refractivity (Wildman–Crippen MR) is 261 cm³/mol. The highest BCUT2D eigenvalue weighted by atomic mass is 16.6. The zero-order chi connectivity index (χ0) is 43.5. The summed E-state index contributed by atoms with van der Waals surface area (Å²) in [7, 11) is 0. The Balaban J connectivity index is 4.19. The van der Waals surface area contributed by atoms with Crippen LogP contribution in [-0.2, 0) is 23.8 Å². The average molecular weight is 843 g/mol. The Morgan fingerprint density at radius 3 is 1.20 bits per heavy atom. The van der Waals surface area contributed by atoms with Crippen molar-refractivity contribution in [3.05, 3.63) is 36.5 Å². The van der Waals surface area contributed by atoms with Crippen LogP contribution in [-0.4, -0.2) is 37.9 Å². The summed E-state index contributed by atoms with van der Waals surface area (Å²) in [4.78, 5) is 25.4. The van der Waals surface area contributed by atoms with Gasteiger partial charge in [0, 0.05) is 19.4 Å². The van der Waals surface area contributed by atoms with Gasteiger partial charge in [-0.1, -0.05) is 231 Å². The summed E-state index contributed by atoms with van der Waals surface area (Å²) in [5, 5.41) is 0. The smallest absolute Gasteiger partial charge is 0.306 e. The molecule has 1 atom stereocenters. The van der Waals surface area contributed by atoms with E-state index < -0.39 is 6.10 Å². The van der Waals surface area contributed by atoms with Gasteiger partial charge >= 0.3 is 11.9 Å². The standard InChI is InChI=1S/C55H102O5/c1-4-7-10-13-16-19-22-24-26-27-28-29-30-31-34-36-39-42-45-48-54(56)59-52-53(60-55(57)49-46-43-40-37-33-21-18-15-12-9-6-3)51-58-50-47-44-41-38-35-32-25-23-20-17-14-11-8-5-2/h15-16,18-19,24,26,53H,4-14,17,20-23,25,27-52H2,1-3H3/b18-15-,19-16-,26-24-. The number of ether oxygens (including phenoxy) is 3. The van der Waals surface area contributed by atoms with E-state index in [0.29, 0.717) is 19.4 Å². The maximum absolute atomic E-state index is 12.8. The lowest BCUT2D eigenvalue weighted by Gasteiger charge is -2.18. The summed E-state index contributed by atoms with van der Waals surface area (Å²) < 4.78 is 17.4. The molecule has 0 aliphatic heterocycles. The normalized spacial score (nSPS) is 12.4. The van der Waals surface area contributed by atoms with Gasteiger partial charge in [-0.15, -0.1) is 0 Å². The molecule has 352 valence electrons. The van der Waals surface area contributed by atoms with Gasteiger partial charge in [-0.3, -0.25) is 9.59 Å². The molecule has 0 aromatic rings. The third-order valence-corrected chi connectivity index (χ3v) is 11.6. The monoisotopic (exact) mass is 843 g/mol. The van der Waals surface area contributed by atoms with E-state index in [1.165, 1.54) is 193 Å². The molecule has 0 amide bonds. The van der Waals surface area contributed by atoms with Gasteiger partial charge in [-0.2, -0.15) is 0 Å². The third kappa shape index (κ3) is 48.8. The molecule has 0 aromatic carbocycles. The Morgan fingerprint density at radius 2 is 0.717 bits per heavy atom. The molecule has 5 nitrogen and oxygen atoms in total. The van der Waals surface area contributed by atoms with Gasteiger partial charge < -0.3 is 14.2 Å². The summed E-state index contributed by atoms with van der Waals surface area (Å²) in [5.41, 5.74) is 0. The van der Waals surface area contributed by atoms with E-state index in [-0.39, 0.29) is 25.2 Å². The number of esters is 2. The third-order valence-electron chi connectivity index (χ3n) is 11.6. The number of rotatable bonds is 49. The first-order chi connectivity index (χ1) is 29.6. The molecule has 0 rings (SSSR count). The second-order valence-electron chi connectivity index (χ2n) is 17.8. The van der Waals surface area contributed by atoms with Crippen molar-refractivity contribution in [1.29, 1.82) is 0 Å². The molecule has 0 aliphatic rings. The van der Waals surface area contributed by atoms with E-state index >= 15 is 0 Å². The van der Waals surface area contributed by atoms with E-state index in [2.05, 4.69) is 57.2 Å². The fraction of sp³-hybridized carbons (Fsp3) is 0.855. The van der Waals surface area contributed by atoms with E-state index in [4.69, 9.17) is 14.2 Å². The molecule has 0 spiro atoms. The molecule has 0 saturated heterocycles. The van der Waals surface area contributed by atoms with Crippen LogP contribution in [0.5, 0.6) is 0 Å². The van der Waals surface area contributed by atoms with Crippen molar-refractivity contribution in [2.45, 2.75) is 284 Å². The van der Waals surface area contributed by atoms with E-state index in [9.17, 15) is 9.59 Å². The highest BCUT2D eigenvalue weighted by Gasteiger charge is 2.17. The molecule has 1 unspecified atom stereocenters. The molecule has 0 saturated carbocycles. The van der Waals surface area contributed by atoms with E-state index in [0.717, 1.165) is 51.4 Å². The van der Waals surface area contributed by atoms with Crippen LogP contribution in [0.4, 0.5) is 0 Å². The second kappa shape index (κ2) is 51.5. The number of carbonyl (C=O) groups is 2. The molecule has 0 heterocycles. The average Bonchev–Trinajstić information content (AvgIpc) is 3.25. The van der Waals surface area contributed by atoms with Crippen molar-refractivity contribution in [2.24, 2.45) is 0 Å². The Kier molecular flexibility index (Phi) is 49.9. The first kappa shape index (κ1) is 58.1. The number of carbonyl (C=O) groups excluding carboxylic acids is 2. The zero-order valence-electron chi connectivity index (χ0n) is 40.5. The van der Waals surface area contributed by atoms with Crippen LogP contribution in [0.1, 0.15) is 278 Å².